The number of nitrogens with one attached hydrogen (secondary N) is 2. The third-order valence-electron chi connectivity index (χ3n) is 7.43. The van der Waals surface area contributed by atoms with Crippen molar-refractivity contribution in [2.75, 3.05) is 19.6 Å². The average molecular weight is 533 g/mol. The van der Waals surface area contributed by atoms with Gasteiger partial charge in [0.05, 0.1) is 17.5 Å². The van der Waals surface area contributed by atoms with Crippen molar-refractivity contribution in [1.29, 1.82) is 0 Å². The summed E-state index contributed by atoms with van der Waals surface area (Å²) in [4.78, 5) is 32.3. The molecular weight excluding hydrogens is 492 g/mol. The molecule has 0 radical (unpaired) electrons. The first kappa shape index (κ1) is 28.5. The van der Waals surface area contributed by atoms with Crippen LogP contribution in [0, 0.1) is 12.3 Å². The smallest absolute Gasteiger partial charge is 0.251 e. The van der Waals surface area contributed by atoms with Crippen molar-refractivity contribution in [2.45, 2.75) is 65.5 Å². The minimum atomic E-state index is -0.711. The molecule has 3 aromatic rings. The Bertz CT molecular complexity index is 1290. The standard InChI is InChI=1S/C31H40N4O4/c1-22-19-24(26-7-5-6-8-27(26)32-22)21-39-25-11-9-23(10-12-25)29(37)33-31(20-28(36)34-38)14-17-35(18-15-31)16-13-30(2,3)4/h5-12,19,38H,13-18,20-21H2,1-4H3,(H,33,37)(H,34,36). The second kappa shape index (κ2) is 12.1. The van der Waals surface area contributed by atoms with Gasteiger partial charge in [0.25, 0.3) is 5.91 Å². The zero-order chi connectivity index (χ0) is 28.0. The van der Waals surface area contributed by atoms with Crippen LogP contribution in [0.3, 0.4) is 0 Å². The van der Waals surface area contributed by atoms with E-state index in [1.165, 1.54) is 0 Å². The third kappa shape index (κ3) is 7.77. The number of piperidine rings is 1. The number of pyridine rings is 1. The lowest BCUT2D eigenvalue weighted by Crippen LogP contribution is -2.57. The average Bonchev–Trinajstić information content (AvgIpc) is 2.91. The molecule has 208 valence electrons. The summed E-state index contributed by atoms with van der Waals surface area (Å²) in [6.07, 6.45) is 2.38. The molecule has 1 fully saturated rings. The van der Waals surface area contributed by atoms with E-state index in [4.69, 9.17) is 9.94 Å². The fourth-order valence-electron chi connectivity index (χ4n) is 5.08. The number of ether oxygens (including phenoxy) is 1. The van der Waals surface area contributed by atoms with Crippen LogP contribution in [0.2, 0.25) is 0 Å². The molecule has 2 amide bonds. The van der Waals surface area contributed by atoms with Crippen LogP contribution in [-0.4, -0.2) is 52.1 Å². The number of carbonyl (C=O) groups is 2. The molecule has 2 heterocycles. The van der Waals surface area contributed by atoms with Crippen LogP contribution in [0.4, 0.5) is 0 Å². The summed E-state index contributed by atoms with van der Waals surface area (Å²) in [6.45, 7) is 11.6. The number of benzene rings is 2. The lowest BCUT2D eigenvalue weighted by Gasteiger charge is -2.42. The molecule has 4 rings (SSSR count). The van der Waals surface area contributed by atoms with Crippen molar-refractivity contribution in [2.24, 2.45) is 5.41 Å². The van der Waals surface area contributed by atoms with E-state index in [1.807, 2.05) is 37.3 Å². The summed E-state index contributed by atoms with van der Waals surface area (Å²) < 4.78 is 6.04. The largest absolute Gasteiger partial charge is 0.489 e. The molecule has 0 atom stereocenters. The first-order chi connectivity index (χ1) is 18.6. The van der Waals surface area contributed by atoms with Crippen molar-refractivity contribution < 1.29 is 19.5 Å². The zero-order valence-electron chi connectivity index (χ0n) is 23.4. The van der Waals surface area contributed by atoms with E-state index in [0.717, 1.165) is 48.2 Å². The maximum absolute atomic E-state index is 13.2. The zero-order valence-corrected chi connectivity index (χ0v) is 23.4. The van der Waals surface area contributed by atoms with Crippen LogP contribution in [0.25, 0.3) is 10.9 Å². The summed E-state index contributed by atoms with van der Waals surface area (Å²) in [5.41, 5.74) is 4.69. The number of hydrogen-bond donors (Lipinski definition) is 3. The van der Waals surface area contributed by atoms with Gasteiger partial charge in [0, 0.05) is 35.3 Å². The van der Waals surface area contributed by atoms with E-state index in [0.29, 0.717) is 30.8 Å². The predicted molar refractivity (Wildman–Crippen MR) is 152 cm³/mol. The minimum Gasteiger partial charge on any atom is -0.489 e. The number of amides is 2. The van der Waals surface area contributed by atoms with Crippen LogP contribution in [0.5, 0.6) is 5.75 Å². The Morgan fingerprint density at radius 3 is 2.44 bits per heavy atom. The molecule has 39 heavy (non-hydrogen) atoms. The maximum atomic E-state index is 13.2. The van der Waals surface area contributed by atoms with Crippen molar-refractivity contribution in [1.82, 2.24) is 20.7 Å². The van der Waals surface area contributed by atoms with Gasteiger partial charge < -0.3 is 15.0 Å². The highest BCUT2D eigenvalue weighted by Gasteiger charge is 2.38. The highest BCUT2D eigenvalue weighted by Crippen LogP contribution is 2.29. The molecule has 1 saturated heterocycles. The van der Waals surface area contributed by atoms with E-state index in [9.17, 15) is 9.59 Å². The molecule has 0 spiro atoms. The monoisotopic (exact) mass is 532 g/mol. The van der Waals surface area contributed by atoms with Crippen LogP contribution < -0.4 is 15.5 Å². The number of nitrogens with zero attached hydrogens (tertiary/aromatic N) is 2. The molecule has 0 aliphatic carbocycles. The Morgan fingerprint density at radius 1 is 1.08 bits per heavy atom. The Morgan fingerprint density at radius 2 is 1.77 bits per heavy atom. The highest BCUT2D eigenvalue weighted by molar-refractivity contribution is 5.95. The number of aryl methyl sites for hydroxylation is 1. The minimum absolute atomic E-state index is 0.0306. The molecule has 3 N–H and O–H groups in total. The summed E-state index contributed by atoms with van der Waals surface area (Å²) in [5, 5.41) is 13.3. The van der Waals surface area contributed by atoms with Gasteiger partial charge >= 0.3 is 0 Å². The van der Waals surface area contributed by atoms with E-state index < -0.39 is 11.4 Å². The Hall–Kier alpha value is -3.49. The molecule has 1 aliphatic heterocycles. The van der Waals surface area contributed by atoms with Gasteiger partial charge in [-0.3, -0.25) is 19.8 Å². The Labute approximate surface area is 230 Å². The van der Waals surface area contributed by atoms with Crippen molar-refractivity contribution in [3.63, 3.8) is 0 Å². The Balaban J connectivity index is 1.39. The second-order valence-corrected chi connectivity index (χ2v) is 11.9. The predicted octanol–water partition coefficient (Wildman–Crippen LogP) is 5.02. The number of para-hydroxylation sites is 1. The molecule has 0 saturated carbocycles. The summed E-state index contributed by atoms with van der Waals surface area (Å²) in [6, 6.07) is 17.1. The van der Waals surface area contributed by atoms with Crippen molar-refractivity contribution >= 4 is 22.7 Å². The molecule has 8 nitrogen and oxygen atoms in total. The van der Waals surface area contributed by atoms with E-state index >= 15 is 0 Å². The lowest BCUT2D eigenvalue weighted by atomic mass is 9.83. The SMILES string of the molecule is Cc1cc(COc2ccc(C(=O)NC3(CC(=O)NO)CCN(CCC(C)(C)C)CC3)cc2)c2ccccc2n1. The number of likely N-dealkylation sites (tertiary alicyclic amines) is 1. The molecule has 2 aromatic carbocycles. The number of rotatable bonds is 9. The van der Waals surface area contributed by atoms with Crippen LogP contribution in [0.15, 0.2) is 54.6 Å². The number of carbonyl (C=O) groups excluding carboxylic acids is 2. The van der Waals surface area contributed by atoms with Gasteiger partial charge in [-0.15, -0.1) is 0 Å². The van der Waals surface area contributed by atoms with Crippen LogP contribution in [-0.2, 0) is 11.4 Å². The second-order valence-electron chi connectivity index (χ2n) is 11.9. The van der Waals surface area contributed by atoms with Gasteiger partial charge in [0.1, 0.15) is 12.4 Å². The first-order valence-corrected chi connectivity index (χ1v) is 13.6. The molecule has 0 unspecified atom stereocenters. The molecule has 1 aromatic heterocycles. The van der Waals surface area contributed by atoms with Gasteiger partial charge in [0.2, 0.25) is 5.91 Å². The van der Waals surface area contributed by atoms with Gasteiger partial charge in [-0.25, -0.2) is 5.48 Å². The summed E-state index contributed by atoms with van der Waals surface area (Å²) in [7, 11) is 0. The van der Waals surface area contributed by atoms with Crippen molar-refractivity contribution in [3.05, 3.63) is 71.4 Å². The number of hydrogen-bond acceptors (Lipinski definition) is 6. The number of hydroxylamine groups is 1. The van der Waals surface area contributed by atoms with Crippen LogP contribution in [0.1, 0.15) is 68.1 Å². The highest BCUT2D eigenvalue weighted by atomic mass is 16.5. The van der Waals surface area contributed by atoms with Gasteiger partial charge in [-0.05, 0) is 74.5 Å². The lowest BCUT2D eigenvalue weighted by molar-refractivity contribution is -0.131. The van der Waals surface area contributed by atoms with E-state index in [2.05, 4.69) is 36.0 Å². The van der Waals surface area contributed by atoms with E-state index in [1.54, 1.807) is 29.7 Å². The molecule has 0 bridgehead atoms. The third-order valence-corrected chi connectivity index (χ3v) is 7.43. The number of fused-ring (bicyclic) bond motifs is 1. The van der Waals surface area contributed by atoms with Crippen molar-refractivity contribution in [3.8, 4) is 5.75 Å². The van der Waals surface area contributed by atoms with Crippen LogP contribution >= 0.6 is 0 Å². The van der Waals surface area contributed by atoms with Gasteiger partial charge in [-0.1, -0.05) is 39.0 Å². The first-order valence-electron chi connectivity index (χ1n) is 13.6. The normalized spacial score (nSPS) is 15.6. The van der Waals surface area contributed by atoms with E-state index in [-0.39, 0.29) is 17.7 Å². The molecule has 8 heteroatoms. The quantitative estimate of drug-likeness (QED) is 0.264. The maximum Gasteiger partial charge on any atom is 0.251 e. The topological polar surface area (TPSA) is 104 Å². The van der Waals surface area contributed by atoms with Gasteiger partial charge in [-0.2, -0.15) is 0 Å². The molecular formula is C31H40N4O4. The fraction of sp³-hybridized carbons (Fsp3) is 0.452. The summed E-state index contributed by atoms with van der Waals surface area (Å²) in [5.74, 6) is -0.0844. The Kier molecular flexibility index (Phi) is 8.87. The molecule has 1 aliphatic rings. The number of aromatic nitrogens is 1. The summed E-state index contributed by atoms with van der Waals surface area (Å²) >= 11 is 0. The van der Waals surface area contributed by atoms with Gasteiger partial charge in [0.15, 0.2) is 0 Å². The fourth-order valence-corrected chi connectivity index (χ4v) is 5.08.